The molecule has 0 radical (unpaired) electrons. The minimum atomic E-state index is 0.774. The third-order valence-electron chi connectivity index (χ3n) is 3.53. The summed E-state index contributed by atoms with van der Waals surface area (Å²) >= 11 is 0. The first-order valence-corrected chi connectivity index (χ1v) is 7.01. The quantitative estimate of drug-likeness (QED) is 0.909. The van der Waals surface area contributed by atoms with Crippen LogP contribution in [-0.4, -0.2) is 16.3 Å². The molecule has 0 fully saturated rings. The molecule has 1 aromatic carbocycles. The lowest BCUT2D eigenvalue weighted by atomic mass is 10.1. The fourth-order valence-corrected chi connectivity index (χ4v) is 2.15. The van der Waals surface area contributed by atoms with E-state index in [1.165, 1.54) is 11.1 Å². The van der Waals surface area contributed by atoms with Crippen LogP contribution in [-0.2, 0) is 13.6 Å². The lowest BCUT2D eigenvalue weighted by Crippen LogP contribution is -2.12. The number of rotatable bonds is 5. The second-order valence-corrected chi connectivity index (χ2v) is 5.12. The number of aromatic nitrogens is 2. The van der Waals surface area contributed by atoms with E-state index in [9.17, 15) is 0 Å². The van der Waals surface area contributed by atoms with Gasteiger partial charge in [-0.1, -0.05) is 13.0 Å². The summed E-state index contributed by atoms with van der Waals surface area (Å²) < 4.78 is 7.86. The minimum absolute atomic E-state index is 0.774. The SMILES string of the molecule is CCNCc1c(C)nn(C)c1Oc1ccc(C)c(C)c1. The summed E-state index contributed by atoms with van der Waals surface area (Å²) in [4.78, 5) is 0. The maximum Gasteiger partial charge on any atom is 0.222 e. The maximum atomic E-state index is 6.05. The molecule has 0 saturated heterocycles. The zero-order chi connectivity index (χ0) is 14.7. The summed E-state index contributed by atoms with van der Waals surface area (Å²) in [6.45, 7) is 10.0. The van der Waals surface area contributed by atoms with Crippen LogP contribution >= 0.6 is 0 Å². The van der Waals surface area contributed by atoms with Crippen LogP contribution in [0.5, 0.6) is 11.6 Å². The van der Waals surface area contributed by atoms with Crippen molar-refractivity contribution in [1.29, 1.82) is 0 Å². The van der Waals surface area contributed by atoms with Crippen LogP contribution in [0, 0.1) is 20.8 Å². The van der Waals surface area contributed by atoms with Crippen molar-refractivity contribution in [3.05, 3.63) is 40.6 Å². The fraction of sp³-hybridized carbons (Fsp3) is 0.438. The Morgan fingerprint density at radius 3 is 2.60 bits per heavy atom. The normalized spacial score (nSPS) is 10.8. The highest BCUT2D eigenvalue weighted by Gasteiger charge is 2.15. The third-order valence-corrected chi connectivity index (χ3v) is 3.53. The van der Waals surface area contributed by atoms with Gasteiger partial charge in [-0.15, -0.1) is 0 Å². The van der Waals surface area contributed by atoms with E-state index in [1.54, 1.807) is 4.68 Å². The number of benzene rings is 1. The second-order valence-electron chi connectivity index (χ2n) is 5.12. The Kier molecular flexibility index (Phi) is 4.45. The summed E-state index contributed by atoms with van der Waals surface area (Å²) in [6, 6.07) is 6.15. The van der Waals surface area contributed by atoms with Crippen molar-refractivity contribution in [2.24, 2.45) is 7.05 Å². The van der Waals surface area contributed by atoms with E-state index >= 15 is 0 Å². The molecular formula is C16H23N3O. The Hall–Kier alpha value is -1.81. The number of hydrogen-bond acceptors (Lipinski definition) is 3. The minimum Gasteiger partial charge on any atom is -0.439 e. The Balaban J connectivity index is 2.29. The first kappa shape index (κ1) is 14.6. The summed E-state index contributed by atoms with van der Waals surface area (Å²) in [7, 11) is 1.92. The van der Waals surface area contributed by atoms with Gasteiger partial charge in [0.15, 0.2) is 0 Å². The van der Waals surface area contributed by atoms with Crippen LogP contribution in [0.15, 0.2) is 18.2 Å². The Morgan fingerprint density at radius 2 is 1.95 bits per heavy atom. The molecule has 0 atom stereocenters. The Labute approximate surface area is 120 Å². The topological polar surface area (TPSA) is 39.1 Å². The van der Waals surface area contributed by atoms with Gasteiger partial charge in [0.05, 0.1) is 11.3 Å². The first-order valence-electron chi connectivity index (χ1n) is 7.01. The van der Waals surface area contributed by atoms with Crippen molar-refractivity contribution in [2.45, 2.75) is 34.2 Å². The van der Waals surface area contributed by atoms with E-state index in [-0.39, 0.29) is 0 Å². The van der Waals surface area contributed by atoms with Gasteiger partial charge in [0, 0.05) is 13.6 Å². The molecule has 20 heavy (non-hydrogen) atoms. The van der Waals surface area contributed by atoms with E-state index in [1.807, 2.05) is 20.0 Å². The molecule has 108 valence electrons. The monoisotopic (exact) mass is 273 g/mol. The summed E-state index contributed by atoms with van der Waals surface area (Å²) in [5.74, 6) is 1.67. The van der Waals surface area contributed by atoms with Crippen LogP contribution in [0.3, 0.4) is 0 Å². The van der Waals surface area contributed by atoms with Gasteiger partial charge in [-0.05, 0) is 50.6 Å². The van der Waals surface area contributed by atoms with Gasteiger partial charge in [0.1, 0.15) is 5.75 Å². The zero-order valence-corrected chi connectivity index (χ0v) is 12.9. The molecule has 0 amide bonds. The molecule has 2 rings (SSSR count). The number of nitrogens with zero attached hydrogens (tertiary/aromatic N) is 2. The molecular weight excluding hydrogens is 250 g/mol. The molecule has 4 heteroatoms. The summed E-state index contributed by atoms with van der Waals surface area (Å²) in [5.41, 5.74) is 4.63. The standard InChI is InChI=1S/C16H23N3O/c1-6-17-10-15-13(4)18-19(5)16(15)20-14-8-7-11(2)12(3)9-14/h7-9,17H,6,10H2,1-5H3. The molecule has 1 heterocycles. The van der Waals surface area contributed by atoms with Gasteiger partial charge in [0.25, 0.3) is 0 Å². The Morgan fingerprint density at radius 1 is 1.20 bits per heavy atom. The van der Waals surface area contributed by atoms with Gasteiger partial charge in [0.2, 0.25) is 5.88 Å². The van der Waals surface area contributed by atoms with Crippen LogP contribution in [0.2, 0.25) is 0 Å². The molecule has 0 unspecified atom stereocenters. The predicted octanol–water partition coefficient (Wildman–Crippen LogP) is 3.25. The van der Waals surface area contributed by atoms with Crippen LogP contribution < -0.4 is 10.1 Å². The number of aryl methyl sites for hydroxylation is 4. The highest BCUT2D eigenvalue weighted by Crippen LogP contribution is 2.28. The molecule has 0 spiro atoms. The summed E-state index contributed by atoms with van der Waals surface area (Å²) in [6.07, 6.45) is 0. The van der Waals surface area contributed by atoms with Crippen molar-refractivity contribution >= 4 is 0 Å². The fourth-order valence-electron chi connectivity index (χ4n) is 2.15. The predicted molar refractivity (Wildman–Crippen MR) is 81.3 cm³/mol. The van der Waals surface area contributed by atoms with Gasteiger partial charge >= 0.3 is 0 Å². The highest BCUT2D eigenvalue weighted by atomic mass is 16.5. The molecule has 0 aliphatic heterocycles. The Bertz CT molecular complexity index is 602. The molecule has 0 saturated carbocycles. The molecule has 4 nitrogen and oxygen atoms in total. The average molecular weight is 273 g/mol. The third kappa shape index (κ3) is 3.02. The lowest BCUT2D eigenvalue weighted by molar-refractivity contribution is 0.423. The van der Waals surface area contributed by atoms with E-state index in [0.717, 1.165) is 36.0 Å². The van der Waals surface area contributed by atoms with Gasteiger partial charge in [-0.3, -0.25) is 0 Å². The second kappa shape index (κ2) is 6.09. The smallest absolute Gasteiger partial charge is 0.222 e. The van der Waals surface area contributed by atoms with Crippen LogP contribution in [0.1, 0.15) is 29.3 Å². The molecule has 0 aliphatic rings. The summed E-state index contributed by atoms with van der Waals surface area (Å²) in [5, 5.41) is 7.78. The zero-order valence-electron chi connectivity index (χ0n) is 12.9. The van der Waals surface area contributed by atoms with Crippen LogP contribution in [0.4, 0.5) is 0 Å². The van der Waals surface area contributed by atoms with E-state index in [2.05, 4.69) is 43.3 Å². The molecule has 0 bridgehead atoms. The van der Waals surface area contributed by atoms with Crippen molar-refractivity contribution in [1.82, 2.24) is 15.1 Å². The van der Waals surface area contributed by atoms with Gasteiger partial charge in [-0.25, -0.2) is 4.68 Å². The van der Waals surface area contributed by atoms with E-state index < -0.39 is 0 Å². The maximum absolute atomic E-state index is 6.05. The number of hydrogen-bond donors (Lipinski definition) is 1. The molecule has 0 aliphatic carbocycles. The van der Waals surface area contributed by atoms with Crippen molar-refractivity contribution in [3.63, 3.8) is 0 Å². The van der Waals surface area contributed by atoms with Crippen molar-refractivity contribution < 1.29 is 4.74 Å². The average Bonchev–Trinajstić information content (AvgIpc) is 2.66. The molecule has 1 aromatic heterocycles. The van der Waals surface area contributed by atoms with E-state index in [4.69, 9.17) is 4.74 Å². The highest BCUT2D eigenvalue weighted by molar-refractivity contribution is 5.39. The van der Waals surface area contributed by atoms with Crippen molar-refractivity contribution in [3.8, 4) is 11.6 Å². The first-order chi connectivity index (χ1) is 9.52. The lowest BCUT2D eigenvalue weighted by Gasteiger charge is -2.10. The number of ether oxygens (including phenoxy) is 1. The molecule has 2 aromatic rings. The van der Waals surface area contributed by atoms with Crippen molar-refractivity contribution in [2.75, 3.05) is 6.54 Å². The van der Waals surface area contributed by atoms with Gasteiger partial charge in [-0.2, -0.15) is 5.10 Å². The largest absolute Gasteiger partial charge is 0.439 e. The number of nitrogens with one attached hydrogen (secondary N) is 1. The van der Waals surface area contributed by atoms with E-state index in [0.29, 0.717) is 0 Å². The van der Waals surface area contributed by atoms with Gasteiger partial charge < -0.3 is 10.1 Å². The van der Waals surface area contributed by atoms with Crippen LogP contribution in [0.25, 0.3) is 0 Å². The molecule has 1 N–H and O–H groups in total.